The number of hydrogen-bond donors (Lipinski definition) is 2. The third kappa shape index (κ3) is 38.3. The van der Waals surface area contributed by atoms with E-state index >= 15 is 0 Å². The fraction of sp³-hybridized carbons (Fsp3) is 0. The van der Waals surface area contributed by atoms with Crippen molar-refractivity contribution in [2.24, 2.45) is 0 Å². The van der Waals surface area contributed by atoms with Crippen molar-refractivity contribution in [1.29, 1.82) is 0 Å². The van der Waals surface area contributed by atoms with Crippen LogP contribution in [-0.4, -0.2) is 76.9 Å². The van der Waals surface area contributed by atoms with Crippen LogP contribution in [0.1, 0.15) is 0 Å². The fourth-order valence-electron chi connectivity index (χ4n) is 0. The van der Waals surface area contributed by atoms with Crippen molar-refractivity contribution in [1.82, 2.24) is 0 Å². The van der Waals surface area contributed by atoms with Crippen molar-refractivity contribution in [3.8, 4) is 0 Å². The summed E-state index contributed by atoms with van der Waals surface area (Å²) in [5.74, 6) is 0. The quantitative estimate of drug-likeness (QED) is 0.175. The number of rotatable bonds is 2. The summed E-state index contributed by atoms with van der Waals surface area (Å²) in [6, 6.07) is 0. The van der Waals surface area contributed by atoms with Gasteiger partial charge in [0.2, 0.25) is 20.8 Å². The van der Waals surface area contributed by atoms with Gasteiger partial charge in [0, 0.05) is 17.4 Å². The summed E-state index contributed by atoms with van der Waals surface area (Å²) in [6.45, 7) is 0. The molecule has 14 heteroatoms. The smallest absolute Gasteiger partial charge is 0.724 e. The molecule has 0 aliphatic heterocycles. The minimum Gasteiger partial charge on any atom is -0.724 e. The Balaban J connectivity index is -0.0000000625. The minimum absolute atomic E-state index is 0. The van der Waals surface area contributed by atoms with E-state index < -0.39 is 20.8 Å². The van der Waals surface area contributed by atoms with Gasteiger partial charge in [-0.3, -0.25) is 0 Å². The van der Waals surface area contributed by atoms with Gasteiger partial charge in [-0.1, -0.05) is 0 Å². The third-order valence-corrected chi connectivity index (χ3v) is 0.548. The van der Waals surface area contributed by atoms with Gasteiger partial charge in [-0.2, -0.15) is 0 Å². The summed E-state index contributed by atoms with van der Waals surface area (Å²) in [6.07, 6.45) is 0. The maximum atomic E-state index is 8.97. The van der Waals surface area contributed by atoms with E-state index in [0.29, 0.717) is 0 Å². The molecule has 0 atom stereocenters. The second-order valence-corrected chi connectivity index (χ2v) is 2.90. The molecule has 14 heavy (non-hydrogen) atoms. The van der Waals surface area contributed by atoms with E-state index in [1.54, 1.807) is 0 Å². The SMILES string of the molecule is O=S(=O)([O-])OO.O=S(=O)([O-])OO.[Al].[Mg+2]. The molecular formula is H2AlMgO10S2. The van der Waals surface area contributed by atoms with Crippen LogP contribution in [-0.2, 0) is 29.5 Å². The molecule has 0 rings (SSSR count). The molecule has 0 aliphatic carbocycles. The maximum Gasteiger partial charge on any atom is 2.00 e. The molecule has 0 saturated heterocycles. The molecular weight excluding hydrogens is 275 g/mol. The zero-order valence-electron chi connectivity index (χ0n) is 6.26. The molecule has 79 valence electrons. The van der Waals surface area contributed by atoms with E-state index in [1.807, 2.05) is 0 Å². The van der Waals surface area contributed by atoms with Crippen molar-refractivity contribution in [2.75, 3.05) is 0 Å². The Bertz CT molecular complexity index is 254. The standard InChI is InChI=1S/Al.Mg.2H2O5S/c;;2*1-5-6(2,3)4/h;;2*1H,(H,2,3,4)/q;+2;;/p-2. The predicted molar refractivity (Wildman–Crippen MR) is 38.3 cm³/mol. The summed E-state index contributed by atoms with van der Waals surface area (Å²) in [5.41, 5.74) is 0. The van der Waals surface area contributed by atoms with Crippen LogP contribution in [0.3, 0.4) is 0 Å². The molecule has 0 amide bonds. The zero-order valence-corrected chi connectivity index (χ0v) is 10.5. The van der Waals surface area contributed by atoms with Crippen LogP contribution in [0.25, 0.3) is 0 Å². The van der Waals surface area contributed by atoms with Gasteiger partial charge in [-0.25, -0.2) is 27.4 Å². The topological polar surface area (TPSA) is 173 Å². The summed E-state index contributed by atoms with van der Waals surface area (Å²) in [7, 11) is -9.71. The van der Waals surface area contributed by atoms with Crippen molar-refractivity contribution in [3.05, 3.63) is 0 Å². The summed E-state index contributed by atoms with van der Waals surface area (Å²) >= 11 is 0. The average Bonchev–Trinajstić information content (AvgIpc) is 1.86. The van der Waals surface area contributed by atoms with E-state index in [4.69, 9.17) is 36.5 Å². The summed E-state index contributed by atoms with van der Waals surface area (Å²) in [4.78, 5) is 0. The fourth-order valence-corrected chi connectivity index (χ4v) is 0. The Kier molecular flexibility index (Phi) is 18.2. The first-order valence-corrected chi connectivity index (χ1v) is 4.37. The molecule has 0 heterocycles. The largest absolute Gasteiger partial charge is 2.00 e. The molecule has 0 unspecified atom stereocenters. The Morgan fingerprint density at radius 2 is 0.929 bits per heavy atom. The third-order valence-electron chi connectivity index (χ3n) is 0.183. The molecule has 0 fully saturated rings. The molecule has 0 aromatic rings. The molecule has 0 saturated carbocycles. The van der Waals surface area contributed by atoms with Crippen LogP contribution < -0.4 is 0 Å². The van der Waals surface area contributed by atoms with Crippen molar-refractivity contribution >= 4 is 61.2 Å². The van der Waals surface area contributed by atoms with E-state index in [0.717, 1.165) is 0 Å². The molecule has 0 aromatic heterocycles. The van der Waals surface area contributed by atoms with Gasteiger partial charge in [0.15, 0.2) is 0 Å². The van der Waals surface area contributed by atoms with Crippen LogP contribution in [0, 0.1) is 0 Å². The van der Waals surface area contributed by atoms with Crippen molar-refractivity contribution in [2.45, 2.75) is 0 Å². The first kappa shape index (κ1) is 24.3. The predicted octanol–water partition coefficient (Wildman–Crippen LogP) is -2.89. The Morgan fingerprint density at radius 1 is 0.857 bits per heavy atom. The van der Waals surface area contributed by atoms with E-state index in [1.165, 1.54) is 0 Å². The van der Waals surface area contributed by atoms with Gasteiger partial charge in [0.05, 0.1) is 0 Å². The monoisotopic (exact) mass is 277 g/mol. The minimum atomic E-state index is -4.86. The van der Waals surface area contributed by atoms with Gasteiger partial charge in [-0.05, 0) is 0 Å². The zero-order chi connectivity index (χ0) is 10.4. The van der Waals surface area contributed by atoms with Crippen molar-refractivity contribution < 1.29 is 45.1 Å². The maximum absolute atomic E-state index is 8.97. The van der Waals surface area contributed by atoms with Crippen molar-refractivity contribution in [3.63, 3.8) is 0 Å². The van der Waals surface area contributed by atoms with E-state index in [9.17, 15) is 0 Å². The van der Waals surface area contributed by atoms with Gasteiger partial charge >= 0.3 is 23.1 Å². The Hall–Kier alpha value is 0.959. The van der Waals surface area contributed by atoms with E-state index in [2.05, 4.69) is 8.67 Å². The van der Waals surface area contributed by atoms with Crippen LogP contribution in [0.15, 0.2) is 0 Å². The second kappa shape index (κ2) is 10.5. The second-order valence-electron chi connectivity index (χ2n) is 0.966. The van der Waals surface area contributed by atoms with Gasteiger partial charge in [0.25, 0.3) is 0 Å². The molecule has 0 spiro atoms. The van der Waals surface area contributed by atoms with E-state index in [-0.39, 0.29) is 40.4 Å². The van der Waals surface area contributed by atoms with Crippen LogP contribution in [0.5, 0.6) is 0 Å². The summed E-state index contributed by atoms with van der Waals surface area (Å²) < 4.78 is 58.5. The first-order valence-electron chi connectivity index (χ1n) is 1.70. The normalized spacial score (nSPS) is 10.0. The Morgan fingerprint density at radius 3 is 0.929 bits per heavy atom. The molecule has 10 nitrogen and oxygen atoms in total. The summed E-state index contributed by atoms with van der Waals surface area (Å²) in [5, 5.41) is 14.0. The molecule has 3 radical (unpaired) electrons. The van der Waals surface area contributed by atoms with Gasteiger partial charge in [0.1, 0.15) is 0 Å². The number of hydrogen-bond acceptors (Lipinski definition) is 10. The van der Waals surface area contributed by atoms with Crippen LogP contribution in [0.4, 0.5) is 0 Å². The van der Waals surface area contributed by atoms with Gasteiger partial charge in [-0.15, -0.1) is 8.67 Å². The Labute approximate surface area is 106 Å². The first-order chi connectivity index (χ1) is 5.12. The molecule has 0 bridgehead atoms. The molecule has 0 aliphatic rings. The van der Waals surface area contributed by atoms with Crippen LogP contribution >= 0.6 is 0 Å². The van der Waals surface area contributed by atoms with Crippen LogP contribution in [0.2, 0.25) is 0 Å². The molecule has 0 aromatic carbocycles. The molecule has 2 N–H and O–H groups in total. The van der Waals surface area contributed by atoms with Gasteiger partial charge < -0.3 is 9.11 Å². The average molecular weight is 277 g/mol.